The van der Waals surface area contributed by atoms with Gasteiger partial charge in [0.25, 0.3) is 17.5 Å². The van der Waals surface area contributed by atoms with Gasteiger partial charge in [-0.1, -0.05) is 13.0 Å². The lowest BCUT2D eigenvalue weighted by molar-refractivity contribution is -0.384. The zero-order valence-corrected chi connectivity index (χ0v) is 14.8. The first-order chi connectivity index (χ1) is 12.6. The Labute approximate surface area is 153 Å². The zero-order valence-electron chi connectivity index (χ0n) is 14.0. The van der Waals surface area contributed by atoms with E-state index in [-0.39, 0.29) is 18.1 Å². The predicted molar refractivity (Wildman–Crippen MR) is 95.7 cm³/mol. The van der Waals surface area contributed by atoms with Gasteiger partial charge < -0.3 is 9.32 Å². The Hall–Kier alpha value is -3.07. The largest absolute Gasteiger partial charge is 0.418 e. The van der Waals surface area contributed by atoms with Crippen LogP contribution in [0.3, 0.4) is 0 Å². The molecule has 3 aromatic rings. The number of amides is 1. The Morgan fingerprint density at radius 3 is 2.65 bits per heavy atom. The van der Waals surface area contributed by atoms with E-state index >= 15 is 0 Å². The van der Waals surface area contributed by atoms with Crippen molar-refractivity contribution in [3.8, 4) is 10.8 Å². The minimum atomic E-state index is -0.497. The van der Waals surface area contributed by atoms with Gasteiger partial charge in [0.15, 0.2) is 0 Å². The standard InChI is InChI=1S/C17H16N4O4S/c1-2-9-20(17(22)12-5-7-13(8-6-12)21(23)24)11-15-18-19-16(25-15)14-4-3-10-26-14/h3-8,10H,2,9,11H2,1H3. The minimum absolute atomic E-state index is 0.0546. The van der Waals surface area contributed by atoms with Crippen LogP contribution in [-0.2, 0) is 6.54 Å². The third-order valence-corrected chi connectivity index (χ3v) is 4.49. The summed E-state index contributed by atoms with van der Waals surface area (Å²) in [6.45, 7) is 2.65. The van der Waals surface area contributed by atoms with Crippen molar-refractivity contribution in [3.05, 3.63) is 63.3 Å². The van der Waals surface area contributed by atoms with E-state index in [1.165, 1.54) is 35.6 Å². The van der Waals surface area contributed by atoms with Gasteiger partial charge in [-0.15, -0.1) is 21.5 Å². The lowest BCUT2D eigenvalue weighted by Crippen LogP contribution is -2.31. The topological polar surface area (TPSA) is 102 Å². The number of nitrogens with zero attached hydrogens (tertiary/aromatic N) is 4. The fourth-order valence-corrected chi connectivity index (χ4v) is 3.06. The Morgan fingerprint density at radius 2 is 2.04 bits per heavy atom. The molecule has 9 heteroatoms. The van der Waals surface area contributed by atoms with Crippen LogP contribution in [0.5, 0.6) is 0 Å². The molecule has 0 spiro atoms. The molecule has 0 bridgehead atoms. The van der Waals surface area contributed by atoms with Crippen molar-refractivity contribution >= 4 is 22.9 Å². The van der Waals surface area contributed by atoms with E-state index < -0.39 is 4.92 Å². The number of nitro groups is 1. The van der Waals surface area contributed by atoms with E-state index in [4.69, 9.17) is 4.42 Å². The van der Waals surface area contributed by atoms with E-state index in [1.807, 2.05) is 24.4 Å². The van der Waals surface area contributed by atoms with E-state index in [2.05, 4.69) is 10.2 Å². The number of hydrogen-bond donors (Lipinski definition) is 0. The highest BCUT2D eigenvalue weighted by molar-refractivity contribution is 7.13. The highest BCUT2D eigenvalue weighted by Crippen LogP contribution is 2.23. The second kappa shape index (κ2) is 7.87. The molecule has 1 amide bonds. The number of thiophene rings is 1. The lowest BCUT2D eigenvalue weighted by atomic mass is 10.1. The third-order valence-electron chi connectivity index (χ3n) is 3.63. The van der Waals surface area contributed by atoms with Gasteiger partial charge in [-0.3, -0.25) is 14.9 Å². The summed E-state index contributed by atoms with van der Waals surface area (Å²) in [6.07, 6.45) is 0.755. The Balaban J connectivity index is 1.76. The van der Waals surface area contributed by atoms with Crippen molar-refractivity contribution in [1.82, 2.24) is 15.1 Å². The van der Waals surface area contributed by atoms with E-state index in [1.54, 1.807) is 4.90 Å². The highest BCUT2D eigenvalue weighted by Gasteiger charge is 2.20. The molecule has 0 aliphatic rings. The molecule has 0 fully saturated rings. The Kier molecular flexibility index (Phi) is 5.37. The summed E-state index contributed by atoms with van der Waals surface area (Å²) >= 11 is 1.49. The van der Waals surface area contributed by atoms with Crippen molar-refractivity contribution in [2.45, 2.75) is 19.9 Å². The number of benzene rings is 1. The summed E-state index contributed by atoms with van der Waals surface area (Å²) in [7, 11) is 0. The summed E-state index contributed by atoms with van der Waals surface area (Å²) in [4.78, 5) is 25.4. The quantitative estimate of drug-likeness (QED) is 0.462. The zero-order chi connectivity index (χ0) is 18.5. The van der Waals surface area contributed by atoms with Crippen LogP contribution in [0.1, 0.15) is 29.6 Å². The second-order valence-corrected chi connectivity index (χ2v) is 6.46. The fourth-order valence-electron chi connectivity index (χ4n) is 2.41. The van der Waals surface area contributed by atoms with Crippen molar-refractivity contribution in [2.75, 3.05) is 6.54 Å². The molecule has 26 heavy (non-hydrogen) atoms. The smallest absolute Gasteiger partial charge is 0.269 e. The summed E-state index contributed by atoms with van der Waals surface area (Å²) < 4.78 is 5.65. The molecule has 0 aliphatic carbocycles. The molecule has 1 aromatic carbocycles. The van der Waals surface area contributed by atoms with E-state index in [0.29, 0.717) is 23.9 Å². The molecule has 8 nitrogen and oxygen atoms in total. The molecule has 2 aromatic heterocycles. The van der Waals surface area contributed by atoms with Crippen LogP contribution in [0.15, 0.2) is 46.2 Å². The van der Waals surface area contributed by atoms with E-state index in [9.17, 15) is 14.9 Å². The van der Waals surface area contributed by atoms with Gasteiger partial charge >= 0.3 is 0 Å². The molecule has 0 atom stereocenters. The predicted octanol–water partition coefficient (Wildman–Crippen LogP) is 3.76. The van der Waals surface area contributed by atoms with Gasteiger partial charge in [-0.05, 0) is 30.0 Å². The van der Waals surface area contributed by atoms with Crippen LogP contribution in [0.25, 0.3) is 10.8 Å². The first-order valence-electron chi connectivity index (χ1n) is 7.98. The van der Waals surface area contributed by atoms with Crippen LogP contribution >= 0.6 is 11.3 Å². The number of aromatic nitrogens is 2. The first-order valence-corrected chi connectivity index (χ1v) is 8.86. The minimum Gasteiger partial charge on any atom is -0.418 e. The number of carbonyl (C=O) groups is 1. The van der Waals surface area contributed by atoms with Gasteiger partial charge in [0, 0.05) is 24.2 Å². The molecular weight excluding hydrogens is 356 g/mol. The average Bonchev–Trinajstić information content (AvgIpc) is 3.32. The molecule has 0 saturated carbocycles. The fraction of sp³-hybridized carbons (Fsp3) is 0.235. The van der Waals surface area contributed by atoms with E-state index in [0.717, 1.165) is 11.3 Å². The van der Waals surface area contributed by atoms with Crippen LogP contribution in [-0.4, -0.2) is 32.5 Å². The number of hydrogen-bond acceptors (Lipinski definition) is 7. The highest BCUT2D eigenvalue weighted by atomic mass is 32.1. The molecule has 0 radical (unpaired) electrons. The number of non-ortho nitro benzene ring substituents is 1. The molecule has 2 heterocycles. The van der Waals surface area contributed by atoms with Gasteiger partial charge in [0.1, 0.15) is 0 Å². The lowest BCUT2D eigenvalue weighted by Gasteiger charge is -2.20. The molecule has 0 N–H and O–H groups in total. The second-order valence-electron chi connectivity index (χ2n) is 5.51. The normalized spacial score (nSPS) is 10.7. The van der Waals surface area contributed by atoms with Crippen molar-refractivity contribution in [2.24, 2.45) is 0 Å². The van der Waals surface area contributed by atoms with Crippen LogP contribution in [0.4, 0.5) is 5.69 Å². The van der Waals surface area contributed by atoms with Crippen LogP contribution < -0.4 is 0 Å². The van der Waals surface area contributed by atoms with Gasteiger partial charge in [-0.2, -0.15) is 0 Å². The number of nitro benzene ring substituents is 1. The molecule has 0 unspecified atom stereocenters. The van der Waals surface area contributed by atoms with Gasteiger partial charge in [0.05, 0.1) is 16.3 Å². The Bertz CT molecular complexity index is 890. The van der Waals surface area contributed by atoms with Crippen LogP contribution in [0, 0.1) is 10.1 Å². The summed E-state index contributed by atoms with van der Waals surface area (Å²) in [6, 6.07) is 9.32. The third kappa shape index (κ3) is 3.94. The van der Waals surface area contributed by atoms with Crippen molar-refractivity contribution in [3.63, 3.8) is 0 Å². The van der Waals surface area contributed by atoms with Crippen molar-refractivity contribution < 1.29 is 14.1 Å². The first kappa shape index (κ1) is 17.7. The van der Waals surface area contributed by atoms with Crippen LogP contribution in [0.2, 0.25) is 0 Å². The van der Waals surface area contributed by atoms with Gasteiger partial charge in [0.2, 0.25) is 5.89 Å². The average molecular weight is 372 g/mol. The number of rotatable bonds is 7. The Morgan fingerprint density at radius 1 is 1.27 bits per heavy atom. The summed E-state index contributed by atoms with van der Waals surface area (Å²) in [5.41, 5.74) is 0.322. The van der Waals surface area contributed by atoms with Gasteiger partial charge in [-0.25, -0.2) is 0 Å². The summed E-state index contributed by atoms with van der Waals surface area (Å²) in [5, 5.41) is 20.7. The molecule has 134 valence electrons. The maximum absolute atomic E-state index is 12.7. The van der Waals surface area contributed by atoms with Crippen molar-refractivity contribution in [1.29, 1.82) is 0 Å². The number of carbonyl (C=O) groups excluding carboxylic acids is 1. The SMILES string of the molecule is CCCN(Cc1nnc(-c2cccs2)o1)C(=O)c1ccc([N+](=O)[O-])cc1. The monoisotopic (exact) mass is 372 g/mol. The molecule has 3 rings (SSSR count). The molecular formula is C17H16N4O4S. The molecule has 0 saturated heterocycles. The molecule has 0 aliphatic heterocycles. The maximum Gasteiger partial charge on any atom is 0.269 e. The maximum atomic E-state index is 12.7. The summed E-state index contributed by atoms with van der Waals surface area (Å²) in [5.74, 6) is 0.531.